The number of hydrogen-bond donors (Lipinski definition) is 0. The highest BCUT2D eigenvalue weighted by molar-refractivity contribution is 9.10. The summed E-state index contributed by atoms with van der Waals surface area (Å²) in [5.41, 5.74) is 0.0219. The SMILES string of the molecule is O=c1ccc(Br)cn1CC1CO1. The van der Waals surface area contributed by atoms with E-state index >= 15 is 0 Å². The van der Waals surface area contributed by atoms with Gasteiger partial charge in [-0.1, -0.05) is 0 Å². The van der Waals surface area contributed by atoms with Crippen molar-refractivity contribution in [2.75, 3.05) is 6.61 Å². The van der Waals surface area contributed by atoms with Crippen molar-refractivity contribution < 1.29 is 4.74 Å². The molecule has 1 fully saturated rings. The van der Waals surface area contributed by atoms with Gasteiger partial charge in [-0.2, -0.15) is 0 Å². The molecule has 1 atom stereocenters. The van der Waals surface area contributed by atoms with Crippen molar-refractivity contribution in [2.45, 2.75) is 12.6 Å². The number of epoxide rings is 1. The number of hydrogen-bond acceptors (Lipinski definition) is 2. The molecule has 2 rings (SSSR count). The Bertz CT molecular complexity index is 343. The molecule has 2 heterocycles. The Morgan fingerprint density at radius 3 is 3.08 bits per heavy atom. The summed E-state index contributed by atoms with van der Waals surface area (Å²) < 4.78 is 7.61. The average Bonchev–Trinajstić information content (AvgIpc) is 2.81. The lowest BCUT2D eigenvalue weighted by molar-refractivity contribution is 0.380. The van der Waals surface area contributed by atoms with E-state index in [4.69, 9.17) is 4.74 Å². The molecule has 0 spiro atoms. The van der Waals surface area contributed by atoms with Crippen LogP contribution >= 0.6 is 15.9 Å². The Kier molecular flexibility index (Phi) is 2.02. The van der Waals surface area contributed by atoms with Crippen molar-refractivity contribution >= 4 is 15.9 Å². The third-order valence-corrected chi connectivity index (χ3v) is 2.22. The topological polar surface area (TPSA) is 34.5 Å². The lowest BCUT2D eigenvalue weighted by Gasteiger charge is -2.01. The first-order valence-electron chi connectivity index (χ1n) is 3.73. The van der Waals surface area contributed by atoms with Crippen LogP contribution in [0.15, 0.2) is 27.6 Å². The molecule has 12 heavy (non-hydrogen) atoms. The van der Waals surface area contributed by atoms with Crippen LogP contribution in [0, 0.1) is 0 Å². The highest BCUT2D eigenvalue weighted by Gasteiger charge is 2.22. The second-order valence-corrected chi connectivity index (χ2v) is 3.71. The van der Waals surface area contributed by atoms with Gasteiger partial charge in [0.2, 0.25) is 0 Å². The van der Waals surface area contributed by atoms with Crippen LogP contribution in [0.25, 0.3) is 0 Å². The number of ether oxygens (including phenoxy) is 1. The normalized spacial score (nSPS) is 20.9. The minimum atomic E-state index is 0.0219. The van der Waals surface area contributed by atoms with Crippen LogP contribution in [0.4, 0.5) is 0 Å². The zero-order chi connectivity index (χ0) is 8.55. The molecule has 0 bridgehead atoms. The van der Waals surface area contributed by atoms with Crippen molar-refractivity contribution in [3.05, 3.63) is 33.2 Å². The monoisotopic (exact) mass is 229 g/mol. The van der Waals surface area contributed by atoms with Crippen LogP contribution < -0.4 is 5.56 Å². The molecule has 1 unspecified atom stereocenters. The predicted octanol–water partition coefficient (Wildman–Crippen LogP) is 1.01. The highest BCUT2D eigenvalue weighted by Crippen LogP contribution is 2.12. The van der Waals surface area contributed by atoms with E-state index in [-0.39, 0.29) is 11.7 Å². The summed E-state index contributed by atoms with van der Waals surface area (Å²) in [6.07, 6.45) is 2.03. The smallest absolute Gasteiger partial charge is 0.250 e. The molecule has 0 N–H and O–H groups in total. The van der Waals surface area contributed by atoms with E-state index in [1.54, 1.807) is 22.9 Å². The Balaban J connectivity index is 2.27. The number of aromatic nitrogens is 1. The molecule has 0 amide bonds. The van der Waals surface area contributed by atoms with E-state index in [0.717, 1.165) is 11.1 Å². The molecule has 0 aliphatic carbocycles. The molecule has 1 aliphatic heterocycles. The maximum Gasteiger partial charge on any atom is 0.250 e. The van der Waals surface area contributed by atoms with Crippen LogP contribution in [-0.4, -0.2) is 17.3 Å². The van der Waals surface area contributed by atoms with Crippen LogP contribution in [0.1, 0.15) is 0 Å². The maximum absolute atomic E-state index is 11.2. The molecule has 1 aromatic rings. The first-order valence-corrected chi connectivity index (χ1v) is 4.52. The van der Waals surface area contributed by atoms with Gasteiger partial charge in [0.15, 0.2) is 0 Å². The highest BCUT2D eigenvalue weighted by atomic mass is 79.9. The standard InChI is InChI=1S/C8H8BrNO2/c9-6-1-2-8(11)10(3-6)4-7-5-12-7/h1-3,7H,4-5H2. The molecular weight excluding hydrogens is 222 g/mol. The van der Waals surface area contributed by atoms with E-state index in [2.05, 4.69) is 15.9 Å². The third kappa shape index (κ3) is 1.76. The fraction of sp³-hybridized carbons (Fsp3) is 0.375. The minimum Gasteiger partial charge on any atom is -0.371 e. The van der Waals surface area contributed by atoms with Gasteiger partial charge >= 0.3 is 0 Å². The Morgan fingerprint density at radius 2 is 2.42 bits per heavy atom. The number of nitrogens with zero attached hydrogens (tertiary/aromatic N) is 1. The second-order valence-electron chi connectivity index (χ2n) is 2.79. The van der Waals surface area contributed by atoms with Crippen LogP contribution in [-0.2, 0) is 11.3 Å². The fourth-order valence-corrected chi connectivity index (χ4v) is 1.42. The summed E-state index contributed by atoms with van der Waals surface area (Å²) in [5, 5.41) is 0. The zero-order valence-corrected chi connectivity index (χ0v) is 7.95. The Morgan fingerprint density at radius 1 is 1.67 bits per heavy atom. The molecule has 1 aromatic heterocycles. The molecule has 0 radical (unpaired) electrons. The quantitative estimate of drug-likeness (QED) is 0.710. The summed E-state index contributed by atoms with van der Waals surface area (Å²) in [5.74, 6) is 0. The van der Waals surface area contributed by atoms with Crippen molar-refractivity contribution in [1.82, 2.24) is 4.57 Å². The van der Waals surface area contributed by atoms with E-state index < -0.39 is 0 Å². The molecule has 0 saturated carbocycles. The Labute approximate surface area is 78.1 Å². The first-order chi connectivity index (χ1) is 5.75. The summed E-state index contributed by atoms with van der Waals surface area (Å²) in [7, 11) is 0. The van der Waals surface area contributed by atoms with Gasteiger partial charge in [0, 0.05) is 16.7 Å². The van der Waals surface area contributed by atoms with Gasteiger partial charge in [-0.25, -0.2) is 0 Å². The molecule has 3 nitrogen and oxygen atoms in total. The molecule has 64 valence electrons. The molecule has 1 saturated heterocycles. The number of halogens is 1. The number of pyridine rings is 1. The summed E-state index contributed by atoms with van der Waals surface area (Å²) in [6.45, 7) is 1.44. The van der Waals surface area contributed by atoms with Gasteiger partial charge in [0.05, 0.1) is 19.3 Å². The zero-order valence-electron chi connectivity index (χ0n) is 6.37. The Hall–Kier alpha value is -0.610. The predicted molar refractivity (Wildman–Crippen MR) is 48.1 cm³/mol. The van der Waals surface area contributed by atoms with Gasteiger partial charge in [0.25, 0.3) is 5.56 Å². The maximum atomic E-state index is 11.2. The van der Waals surface area contributed by atoms with E-state index in [0.29, 0.717) is 6.54 Å². The molecule has 1 aliphatic rings. The van der Waals surface area contributed by atoms with Gasteiger partial charge < -0.3 is 9.30 Å². The van der Waals surface area contributed by atoms with Crippen LogP contribution in [0.5, 0.6) is 0 Å². The van der Waals surface area contributed by atoms with Crippen molar-refractivity contribution in [3.8, 4) is 0 Å². The summed E-state index contributed by atoms with van der Waals surface area (Å²) >= 11 is 3.31. The largest absolute Gasteiger partial charge is 0.371 e. The number of rotatable bonds is 2. The molecule has 4 heteroatoms. The lowest BCUT2D eigenvalue weighted by atomic mass is 10.4. The van der Waals surface area contributed by atoms with Gasteiger partial charge in [-0.05, 0) is 22.0 Å². The third-order valence-electron chi connectivity index (χ3n) is 1.75. The summed E-state index contributed by atoms with van der Waals surface area (Å²) in [6, 6.07) is 3.29. The van der Waals surface area contributed by atoms with Gasteiger partial charge in [-0.15, -0.1) is 0 Å². The average molecular weight is 230 g/mol. The van der Waals surface area contributed by atoms with E-state index in [1.807, 2.05) is 0 Å². The molecule has 0 aromatic carbocycles. The van der Waals surface area contributed by atoms with E-state index in [9.17, 15) is 4.79 Å². The van der Waals surface area contributed by atoms with Crippen molar-refractivity contribution in [1.29, 1.82) is 0 Å². The van der Waals surface area contributed by atoms with Crippen LogP contribution in [0.2, 0.25) is 0 Å². The second kappa shape index (κ2) is 3.03. The van der Waals surface area contributed by atoms with Crippen molar-refractivity contribution in [2.24, 2.45) is 0 Å². The first kappa shape index (κ1) is 8.01. The van der Waals surface area contributed by atoms with Gasteiger partial charge in [0.1, 0.15) is 0 Å². The molecular formula is C8H8BrNO2. The van der Waals surface area contributed by atoms with Crippen LogP contribution in [0.3, 0.4) is 0 Å². The van der Waals surface area contributed by atoms with Crippen molar-refractivity contribution in [3.63, 3.8) is 0 Å². The lowest BCUT2D eigenvalue weighted by Crippen LogP contribution is -2.20. The summed E-state index contributed by atoms with van der Waals surface area (Å²) in [4.78, 5) is 11.2. The minimum absolute atomic E-state index is 0.0219. The van der Waals surface area contributed by atoms with Gasteiger partial charge in [-0.3, -0.25) is 4.79 Å². The fourth-order valence-electron chi connectivity index (χ4n) is 1.04. The van der Waals surface area contributed by atoms with E-state index in [1.165, 1.54) is 0 Å².